The molecule has 2 aliphatic rings. The molecule has 7 aromatic rings. The van der Waals surface area contributed by atoms with Gasteiger partial charge in [-0.15, -0.1) is 0 Å². The van der Waals surface area contributed by atoms with E-state index in [1.54, 1.807) is 0 Å². The first-order valence-corrected chi connectivity index (χ1v) is 19.3. The lowest BCUT2D eigenvalue weighted by atomic mass is 9.85. The van der Waals surface area contributed by atoms with Gasteiger partial charge in [0.05, 0.1) is 0 Å². The molecule has 0 aromatic heterocycles. The molecule has 5 nitrogen and oxygen atoms in total. The maximum absolute atomic E-state index is 7.01. The molecule has 1 atom stereocenters. The zero-order valence-electron chi connectivity index (χ0n) is 32.7. The minimum Gasteiger partial charge on any atom is -0.460 e. The standard InChI is InChI=1S/C34H30N2O.C11H10.C7H8N2/c1-3-8-23-19-30(22-9-6-10-26(35)18-22)31(20-32(23)36)25-16-21(2)15-24(17-25)27-12-7-13-29-28-11-4-5-14-33(28)37-34(27)29;1-9-6-7-10-4-2-3-5-11(10)8-9;8-7(9)6-4-2-1-3-5-6/h3-12,14-20,29H,13,35-36H2,1-2H3;2-8H,1H3;1-5H,(H3,8,9)/b8-3-;;. The molecule has 1 unspecified atom stereocenters. The van der Waals surface area contributed by atoms with Gasteiger partial charge < -0.3 is 21.9 Å². The van der Waals surface area contributed by atoms with E-state index in [9.17, 15) is 0 Å². The molecule has 5 heteroatoms. The fourth-order valence-electron chi connectivity index (χ4n) is 7.47. The van der Waals surface area contributed by atoms with E-state index in [0.29, 0.717) is 0 Å². The Balaban J connectivity index is 0.000000201. The average molecular weight is 745 g/mol. The van der Waals surface area contributed by atoms with Gasteiger partial charge >= 0.3 is 0 Å². The van der Waals surface area contributed by atoms with Crippen LogP contribution in [0.2, 0.25) is 0 Å². The van der Waals surface area contributed by atoms with E-state index in [4.69, 9.17) is 27.3 Å². The number of allylic oxidation sites excluding steroid dienone is 5. The molecular formula is C52H48N4O. The van der Waals surface area contributed by atoms with Crippen molar-refractivity contribution in [3.63, 3.8) is 0 Å². The zero-order chi connectivity index (χ0) is 39.9. The van der Waals surface area contributed by atoms with Gasteiger partial charge in [-0.3, -0.25) is 5.41 Å². The molecule has 1 aliphatic heterocycles. The van der Waals surface area contributed by atoms with Crippen molar-refractivity contribution in [2.24, 2.45) is 5.73 Å². The summed E-state index contributed by atoms with van der Waals surface area (Å²) in [6, 6.07) is 51.5. The van der Waals surface area contributed by atoms with E-state index in [0.717, 1.165) is 73.8 Å². The third kappa shape index (κ3) is 8.74. The van der Waals surface area contributed by atoms with Crippen molar-refractivity contribution < 1.29 is 4.74 Å². The van der Waals surface area contributed by atoms with Gasteiger partial charge in [-0.05, 0) is 113 Å². The topological polar surface area (TPSA) is 111 Å². The van der Waals surface area contributed by atoms with Gasteiger partial charge in [-0.2, -0.15) is 0 Å². The van der Waals surface area contributed by atoms with E-state index in [-0.39, 0.29) is 11.8 Å². The Kier molecular flexibility index (Phi) is 11.5. The number of fused-ring (bicyclic) bond motifs is 4. The van der Waals surface area contributed by atoms with Crippen LogP contribution in [0.4, 0.5) is 11.4 Å². The van der Waals surface area contributed by atoms with Crippen LogP contribution in [-0.2, 0) is 0 Å². The van der Waals surface area contributed by atoms with Crippen molar-refractivity contribution in [2.45, 2.75) is 33.1 Å². The molecule has 1 heterocycles. The van der Waals surface area contributed by atoms with Crippen molar-refractivity contribution >= 4 is 39.6 Å². The molecule has 0 spiro atoms. The molecular weight excluding hydrogens is 697 g/mol. The molecule has 9 rings (SSSR count). The summed E-state index contributed by atoms with van der Waals surface area (Å²) in [5, 5.41) is 9.66. The fourth-order valence-corrected chi connectivity index (χ4v) is 7.47. The Labute approximate surface area is 336 Å². The summed E-state index contributed by atoms with van der Waals surface area (Å²) in [6.07, 6.45) is 9.48. The number of ether oxygens (including phenoxy) is 1. The predicted molar refractivity (Wildman–Crippen MR) is 242 cm³/mol. The molecule has 57 heavy (non-hydrogen) atoms. The Bertz CT molecular complexity index is 2670. The number of amidine groups is 1. The highest BCUT2D eigenvalue weighted by Crippen LogP contribution is 2.48. The van der Waals surface area contributed by atoms with E-state index in [2.05, 4.69) is 123 Å². The van der Waals surface area contributed by atoms with Crippen LogP contribution >= 0.6 is 0 Å². The van der Waals surface area contributed by atoms with Crippen LogP contribution in [0, 0.1) is 19.3 Å². The molecule has 0 amide bonds. The average Bonchev–Trinajstić information content (AvgIpc) is 3.61. The minimum atomic E-state index is 0.121. The Morgan fingerprint density at radius 2 is 1.39 bits per heavy atom. The molecule has 1 aliphatic carbocycles. The first kappa shape index (κ1) is 38.2. The molecule has 0 fully saturated rings. The number of hydrogen-bond donors (Lipinski definition) is 4. The summed E-state index contributed by atoms with van der Waals surface area (Å²) in [6.45, 7) is 6.26. The highest BCUT2D eigenvalue weighted by molar-refractivity contribution is 5.95. The minimum absolute atomic E-state index is 0.121. The third-order valence-corrected chi connectivity index (χ3v) is 10.2. The fraction of sp³-hybridized carbons (Fsp3) is 0.0962. The second kappa shape index (κ2) is 17.1. The van der Waals surface area contributed by atoms with Crippen molar-refractivity contribution in [1.82, 2.24) is 0 Å². The van der Waals surface area contributed by atoms with Crippen LogP contribution in [0.15, 0.2) is 176 Å². The quantitative estimate of drug-likeness (QED) is 0.0798. The molecule has 7 N–H and O–H groups in total. The van der Waals surface area contributed by atoms with Gasteiger partial charge in [0.25, 0.3) is 0 Å². The van der Waals surface area contributed by atoms with E-state index in [1.807, 2.05) is 73.7 Å². The number of anilines is 2. The van der Waals surface area contributed by atoms with Gasteiger partial charge in [0, 0.05) is 34.0 Å². The second-order valence-corrected chi connectivity index (χ2v) is 14.5. The monoisotopic (exact) mass is 744 g/mol. The van der Waals surface area contributed by atoms with E-state index in [1.165, 1.54) is 27.5 Å². The van der Waals surface area contributed by atoms with Crippen molar-refractivity contribution in [1.29, 1.82) is 5.41 Å². The van der Waals surface area contributed by atoms with Gasteiger partial charge in [-0.1, -0.05) is 145 Å². The number of nitrogens with two attached hydrogens (primary N) is 3. The number of hydrogen-bond acceptors (Lipinski definition) is 4. The van der Waals surface area contributed by atoms with Crippen molar-refractivity contribution in [3.8, 4) is 28.0 Å². The highest BCUT2D eigenvalue weighted by atomic mass is 16.5. The molecule has 0 radical (unpaired) electrons. The first-order chi connectivity index (χ1) is 27.7. The largest absolute Gasteiger partial charge is 0.460 e. The smallest absolute Gasteiger partial charge is 0.130 e. The van der Waals surface area contributed by atoms with Crippen LogP contribution in [-0.4, -0.2) is 5.84 Å². The molecule has 282 valence electrons. The maximum Gasteiger partial charge on any atom is 0.130 e. The summed E-state index contributed by atoms with van der Waals surface area (Å²) in [4.78, 5) is 0. The van der Waals surface area contributed by atoms with Gasteiger partial charge in [0.1, 0.15) is 17.3 Å². The van der Waals surface area contributed by atoms with Gasteiger partial charge in [-0.25, -0.2) is 0 Å². The molecule has 0 saturated carbocycles. The molecule has 0 bridgehead atoms. The Morgan fingerprint density at radius 3 is 2.14 bits per heavy atom. The number of aryl methyl sites for hydroxylation is 2. The number of nitrogen functional groups attached to an aromatic ring is 3. The van der Waals surface area contributed by atoms with Gasteiger partial charge in [0.15, 0.2) is 0 Å². The second-order valence-electron chi connectivity index (χ2n) is 14.5. The highest BCUT2D eigenvalue weighted by Gasteiger charge is 2.33. The SMILES string of the molecule is C/C=C\c1cc(-c2cccc(N)c2)c(-c2cc(C)cc(C3=C4Oc5ccccc5C4CC=C3)c2)cc1N.Cc1ccc2ccccc2c1.N=C(N)c1ccccc1. The summed E-state index contributed by atoms with van der Waals surface area (Å²) in [7, 11) is 0. The van der Waals surface area contributed by atoms with Gasteiger partial charge in [0.2, 0.25) is 0 Å². The van der Waals surface area contributed by atoms with Crippen molar-refractivity contribution in [3.05, 3.63) is 209 Å². The third-order valence-electron chi connectivity index (χ3n) is 10.2. The van der Waals surface area contributed by atoms with Crippen molar-refractivity contribution in [2.75, 3.05) is 11.5 Å². The summed E-state index contributed by atoms with van der Waals surface area (Å²) in [5.74, 6) is 2.39. The van der Waals surface area contributed by atoms with Crippen LogP contribution in [0.25, 0.3) is 44.7 Å². The molecule has 0 saturated heterocycles. The number of rotatable bonds is 5. The lowest BCUT2D eigenvalue weighted by Crippen LogP contribution is -2.10. The van der Waals surface area contributed by atoms with Crippen LogP contribution in [0.1, 0.15) is 52.6 Å². The summed E-state index contributed by atoms with van der Waals surface area (Å²) < 4.78 is 6.42. The number of para-hydroxylation sites is 1. The first-order valence-electron chi connectivity index (χ1n) is 19.3. The summed E-state index contributed by atoms with van der Waals surface area (Å²) >= 11 is 0. The Morgan fingerprint density at radius 1 is 0.667 bits per heavy atom. The summed E-state index contributed by atoms with van der Waals surface area (Å²) in [5.41, 5.74) is 31.6. The maximum atomic E-state index is 7.01. The number of nitrogens with one attached hydrogen (secondary N) is 1. The Hall–Kier alpha value is -7.11. The molecule has 7 aromatic carbocycles. The van der Waals surface area contributed by atoms with E-state index >= 15 is 0 Å². The lowest BCUT2D eigenvalue weighted by Gasteiger charge is -2.20. The van der Waals surface area contributed by atoms with E-state index < -0.39 is 0 Å². The normalized spacial score (nSPS) is 13.8. The van der Waals surface area contributed by atoms with Crippen LogP contribution < -0.4 is 21.9 Å². The number of benzene rings is 7. The predicted octanol–water partition coefficient (Wildman–Crippen LogP) is 12.5. The zero-order valence-corrected chi connectivity index (χ0v) is 32.7. The van der Waals surface area contributed by atoms with Crippen LogP contribution in [0.3, 0.4) is 0 Å². The lowest BCUT2D eigenvalue weighted by molar-refractivity contribution is 0.429. The van der Waals surface area contributed by atoms with Crippen LogP contribution in [0.5, 0.6) is 5.75 Å².